The summed E-state index contributed by atoms with van der Waals surface area (Å²) in [6, 6.07) is 5.17. The van der Waals surface area contributed by atoms with E-state index in [-0.39, 0.29) is 11.4 Å². The molecule has 1 heterocycles. The maximum atomic E-state index is 11.7. The molecule has 4 nitrogen and oxygen atoms in total. The van der Waals surface area contributed by atoms with E-state index in [2.05, 4.69) is 0 Å². The number of carbonyl (C=O) groups excluding carboxylic acids is 1. The standard InChI is InChI=1S/C14H14O4/c1-14(2)8-10-7-9(3-5-12(10)18-14)11(15)4-6-13(16)17/h3-7H,8H2,1-2H3,(H,16,17). The van der Waals surface area contributed by atoms with Crippen LogP contribution in [0.25, 0.3) is 0 Å². The van der Waals surface area contributed by atoms with Gasteiger partial charge < -0.3 is 9.84 Å². The quantitative estimate of drug-likeness (QED) is 0.656. The fourth-order valence-electron chi connectivity index (χ4n) is 2.01. The number of hydrogen-bond donors (Lipinski definition) is 1. The second-order valence-electron chi connectivity index (χ2n) is 4.90. The van der Waals surface area contributed by atoms with Crippen LogP contribution in [-0.4, -0.2) is 22.5 Å². The highest BCUT2D eigenvalue weighted by molar-refractivity contribution is 6.07. The number of allylic oxidation sites excluding steroid dienone is 1. The molecule has 1 aliphatic heterocycles. The Morgan fingerprint density at radius 3 is 2.72 bits per heavy atom. The number of carboxylic acid groups (broad SMARTS) is 1. The van der Waals surface area contributed by atoms with Crippen molar-refractivity contribution in [1.29, 1.82) is 0 Å². The van der Waals surface area contributed by atoms with Crippen LogP contribution in [0.4, 0.5) is 0 Å². The lowest BCUT2D eigenvalue weighted by Crippen LogP contribution is -2.24. The van der Waals surface area contributed by atoms with Crippen LogP contribution in [0.15, 0.2) is 30.4 Å². The molecule has 2 rings (SSSR count). The molecule has 4 heteroatoms. The lowest BCUT2D eigenvalue weighted by Gasteiger charge is -2.16. The first-order valence-corrected chi connectivity index (χ1v) is 5.65. The van der Waals surface area contributed by atoms with Crippen LogP contribution in [0.2, 0.25) is 0 Å². The average Bonchev–Trinajstić information content (AvgIpc) is 2.58. The van der Waals surface area contributed by atoms with Gasteiger partial charge in [-0.1, -0.05) is 0 Å². The van der Waals surface area contributed by atoms with Gasteiger partial charge in [-0.3, -0.25) is 4.79 Å². The zero-order chi connectivity index (χ0) is 13.3. The molecule has 94 valence electrons. The Morgan fingerprint density at radius 2 is 2.06 bits per heavy atom. The molecular weight excluding hydrogens is 232 g/mol. The summed E-state index contributed by atoms with van der Waals surface area (Å²) in [6.45, 7) is 3.97. The van der Waals surface area contributed by atoms with Gasteiger partial charge in [0, 0.05) is 18.1 Å². The Bertz CT molecular complexity index is 541. The molecule has 0 fully saturated rings. The van der Waals surface area contributed by atoms with Crippen molar-refractivity contribution >= 4 is 11.8 Å². The zero-order valence-electron chi connectivity index (χ0n) is 10.3. The van der Waals surface area contributed by atoms with Crippen molar-refractivity contribution in [2.75, 3.05) is 0 Å². The van der Waals surface area contributed by atoms with E-state index in [1.54, 1.807) is 18.2 Å². The van der Waals surface area contributed by atoms with Crippen LogP contribution >= 0.6 is 0 Å². The molecule has 0 amide bonds. The molecule has 18 heavy (non-hydrogen) atoms. The second kappa shape index (κ2) is 4.29. The van der Waals surface area contributed by atoms with Gasteiger partial charge >= 0.3 is 5.97 Å². The number of rotatable bonds is 3. The first-order valence-electron chi connectivity index (χ1n) is 5.65. The normalized spacial score (nSPS) is 16.3. The van der Waals surface area contributed by atoms with Gasteiger partial charge in [0.25, 0.3) is 0 Å². The minimum atomic E-state index is -1.13. The highest BCUT2D eigenvalue weighted by atomic mass is 16.5. The smallest absolute Gasteiger partial charge is 0.328 e. The molecule has 1 aliphatic rings. The fourth-order valence-corrected chi connectivity index (χ4v) is 2.01. The van der Waals surface area contributed by atoms with Crippen molar-refractivity contribution in [3.05, 3.63) is 41.5 Å². The van der Waals surface area contributed by atoms with Crippen molar-refractivity contribution < 1.29 is 19.4 Å². The SMILES string of the molecule is CC1(C)Cc2cc(C(=O)C=CC(=O)O)ccc2O1. The topological polar surface area (TPSA) is 63.6 Å². The van der Waals surface area contributed by atoms with Crippen LogP contribution in [-0.2, 0) is 11.2 Å². The number of ketones is 1. The molecule has 0 unspecified atom stereocenters. The predicted molar refractivity (Wildman–Crippen MR) is 66.0 cm³/mol. The van der Waals surface area contributed by atoms with Gasteiger partial charge in [0.15, 0.2) is 5.78 Å². The molecule has 0 aromatic heterocycles. The summed E-state index contributed by atoms with van der Waals surface area (Å²) >= 11 is 0. The van der Waals surface area contributed by atoms with Crippen molar-refractivity contribution in [2.45, 2.75) is 25.9 Å². The monoisotopic (exact) mass is 246 g/mol. The fraction of sp³-hybridized carbons (Fsp3) is 0.286. The molecule has 0 radical (unpaired) electrons. The summed E-state index contributed by atoms with van der Waals surface area (Å²) in [5, 5.41) is 8.47. The summed E-state index contributed by atoms with van der Waals surface area (Å²) in [7, 11) is 0. The third-order valence-corrected chi connectivity index (χ3v) is 2.72. The molecule has 0 bridgehead atoms. The number of benzene rings is 1. The van der Waals surface area contributed by atoms with Crippen LogP contribution in [0.1, 0.15) is 29.8 Å². The Morgan fingerprint density at radius 1 is 1.33 bits per heavy atom. The minimum absolute atomic E-state index is 0.249. The molecule has 0 saturated heterocycles. The summed E-state index contributed by atoms with van der Waals surface area (Å²) in [4.78, 5) is 22.1. The largest absolute Gasteiger partial charge is 0.487 e. The molecule has 1 N–H and O–H groups in total. The minimum Gasteiger partial charge on any atom is -0.487 e. The number of ether oxygens (including phenoxy) is 1. The molecule has 0 aliphatic carbocycles. The Kier molecular flexibility index (Phi) is 2.95. The highest BCUT2D eigenvalue weighted by Crippen LogP contribution is 2.35. The molecule has 0 saturated carbocycles. The van der Waals surface area contributed by atoms with Crippen molar-refractivity contribution in [3.8, 4) is 5.75 Å². The van der Waals surface area contributed by atoms with E-state index in [1.165, 1.54) is 0 Å². The van der Waals surface area contributed by atoms with Crippen LogP contribution in [0, 0.1) is 0 Å². The summed E-state index contributed by atoms with van der Waals surface area (Å²) in [5.74, 6) is -0.655. The number of carboxylic acids is 1. The Hall–Kier alpha value is -2.10. The third kappa shape index (κ3) is 2.59. The first kappa shape index (κ1) is 12.4. The maximum absolute atomic E-state index is 11.7. The number of aliphatic carboxylic acids is 1. The lowest BCUT2D eigenvalue weighted by atomic mass is 9.99. The van der Waals surface area contributed by atoms with E-state index in [9.17, 15) is 9.59 Å². The highest BCUT2D eigenvalue weighted by Gasteiger charge is 2.30. The van der Waals surface area contributed by atoms with Crippen LogP contribution < -0.4 is 4.74 Å². The van der Waals surface area contributed by atoms with E-state index < -0.39 is 5.97 Å². The van der Waals surface area contributed by atoms with E-state index in [0.717, 1.165) is 29.9 Å². The van der Waals surface area contributed by atoms with E-state index in [4.69, 9.17) is 9.84 Å². The lowest BCUT2D eigenvalue weighted by molar-refractivity contribution is -0.131. The maximum Gasteiger partial charge on any atom is 0.328 e. The van der Waals surface area contributed by atoms with E-state index in [1.807, 2.05) is 13.8 Å². The van der Waals surface area contributed by atoms with Crippen molar-refractivity contribution in [2.24, 2.45) is 0 Å². The van der Waals surface area contributed by atoms with Gasteiger partial charge in [-0.05, 0) is 43.7 Å². The van der Waals surface area contributed by atoms with Gasteiger partial charge in [-0.2, -0.15) is 0 Å². The molecule has 0 spiro atoms. The number of hydrogen-bond acceptors (Lipinski definition) is 3. The third-order valence-electron chi connectivity index (χ3n) is 2.72. The molecule has 1 aromatic rings. The average molecular weight is 246 g/mol. The predicted octanol–water partition coefficient (Wildman–Crippen LogP) is 2.22. The summed E-state index contributed by atoms with van der Waals surface area (Å²) in [5.41, 5.74) is 1.21. The number of carbonyl (C=O) groups is 2. The van der Waals surface area contributed by atoms with E-state index >= 15 is 0 Å². The molecule has 1 aromatic carbocycles. The van der Waals surface area contributed by atoms with Gasteiger partial charge in [0.2, 0.25) is 0 Å². The zero-order valence-corrected chi connectivity index (χ0v) is 10.3. The van der Waals surface area contributed by atoms with Gasteiger partial charge in [0.05, 0.1) is 0 Å². The van der Waals surface area contributed by atoms with Crippen molar-refractivity contribution in [1.82, 2.24) is 0 Å². The van der Waals surface area contributed by atoms with E-state index in [0.29, 0.717) is 5.56 Å². The number of fused-ring (bicyclic) bond motifs is 1. The molecular formula is C14H14O4. The molecule has 0 atom stereocenters. The first-order chi connectivity index (χ1) is 8.37. The van der Waals surface area contributed by atoms with Gasteiger partial charge in [-0.15, -0.1) is 0 Å². The van der Waals surface area contributed by atoms with Crippen LogP contribution in [0.3, 0.4) is 0 Å². The Labute approximate surface area is 105 Å². The van der Waals surface area contributed by atoms with Gasteiger partial charge in [-0.25, -0.2) is 4.79 Å². The van der Waals surface area contributed by atoms with Crippen molar-refractivity contribution in [3.63, 3.8) is 0 Å². The second-order valence-corrected chi connectivity index (χ2v) is 4.90. The van der Waals surface area contributed by atoms with Gasteiger partial charge in [0.1, 0.15) is 11.4 Å². The summed E-state index contributed by atoms with van der Waals surface area (Å²) in [6.07, 6.45) is 2.65. The summed E-state index contributed by atoms with van der Waals surface area (Å²) < 4.78 is 5.70. The Balaban J connectivity index is 2.24. The van der Waals surface area contributed by atoms with Crippen LogP contribution in [0.5, 0.6) is 5.75 Å².